The van der Waals surface area contributed by atoms with Gasteiger partial charge in [-0.15, -0.1) is 0 Å². The highest BCUT2D eigenvalue weighted by Crippen LogP contribution is 2.19. The predicted molar refractivity (Wildman–Crippen MR) is 134 cm³/mol. The van der Waals surface area contributed by atoms with Crippen LogP contribution in [-0.4, -0.2) is 152 Å². The Kier molecular flexibility index (Phi) is 27.2. The lowest BCUT2D eigenvalue weighted by Crippen LogP contribution is -2.43. The molecular formula is C23H46O15. The molecule has 0 radical (unpaired) electrons. The monoisotopic (exact) mass is 562 g/mol. The largest absolute Gasteiger partial charge is 0.478 e. The van der Waals surface area contributed by atoms with Gasteiger partial charge < -0.3 is 66.0 Å². The van der Waals surface area contributed by atoms with Crippen LogP contribution in [0.2, 0.25) is 0 Å². The third-order valence-electron chi connectivity index (χ3n) is 4.90. The number of ether oxygens (including phenoxy) is 1. The van der Waals surface area contributed by atoms with Crippen molar-refractivity contribution in [1.82, 2.24) is 0 Å². The van der Waals surface area contributed by atoms with Crippen molar-refractivity contribution >= 4 is 11.9 Å². The predicted octanol–water partition coefficient (Wildman–Crippen LogP) is -3.83. The maximum atomic E-state index is 9.60. The highest BCUT2D eigenvalue weighted by Gasteiger charge is 2.32. The van der Waals surface area contributed by atoms with E-state index in [4.69, 9.17) is 66.0 Å². The molecule has 0 saturated heterocycles. The molecule has 0 aromatic rings. The van der Waals surface area contributed by atoms with Gasteiger partial charge in [0.15, 0.2) is 0 Å². The lowest BCUT2D eigenvalue weighted by molar-refractivity contribution is -0.133. The van der Waals surface area contributed by atoms with Gasteiger partial charge in [0.25, 0.3) is 0 Å². The standard InChI is InChI=1S/C10H22O7.C5H12O4.2C4H6O2/c11-1-9(2-12,3-13)7-17-8-10(4-14,5-15)6-16;6-1-5(2-7,3-8)4-9;2*1-3(2)4(5)6/h11-16H,1-8H2;6-9H,1-4H2;2*1H2,2H3,(H,5,6). The van der Waals surface area contributed by atoms with Gasteiger partial charge in [-0.2, -0.15) is 0 Å². The lowest BCUT2D eigenvalue weighted by Gasteiger charge is -2.31. The third kappa shape index (κ3) is 19.1. The zero-order chi connectivity index (χ0) is 31.0. The second-order valence-corrected chi connectivity index (χ2v) is 8.74. The highest BCUT2D eigenvalue weighted by atomic mass is 16.5. The van der Waals surface area contributed by atoms with Crippen LogP contribution in [0.3, 0.4) is 0 Å². The molecule has 0 heterocycles. The second-order valence-electron chi connectivity index (χ2n) is 8.74. The van der Waals surface area contributed by atoms with E-state index >= 15 is 0 Å². The summed E-state index contributed by atoms with van der Waals surface area (Å²) >= 11 is 0. The van der Waals surface area contributed by atoms with Crippen molar-refractivity contribution in [3.63, 3.8) is 0 Å². The van der Waals surface area contributed by atoms with E-state index in [2.05, 4.69) is 13.2 Å². The van der Waals surface area contributed by atoms with Crippen LogP contribution in [0.25, 0.3) is 0 Å². The molecule has 0 aliphatic carbocycles. The number of aliphatic hydroxyl groups excluding tert-OH is 10. The van der Waals surface area contributed by atoms with Gasteiger partial charge in [0.2, 0.25) is 0 Å². The summed E-state index contributed by atoms with van der Waals surface area (Å²) in [6.07, 6.45) is 0. The van der Waals surface area contributed by atoms with Crippen LogP contribution < -0.4 is 0 Å². The zero-order valence-electron chi connectivity index (χ0n) is 22.0. The summed E-state index contributed by atoms with van der Waals surface area (Å²) < 4.78 is 5.15. The number of hydrogen-bond donors (Lipinski definition) is 12. The SMILES string of the molecule is C=C(C)C(=O)O.C=C(C)C(=O)O.OCC(CO)(CO)CO.OCC(CO)(CO)COCC(CO)(CO)CO. The average Bonchev–Trinajstić information content (AvgIpc) is 2.92. The van der Waals surface area contributed by atoms with Gasteiger partial charge in [0, 0.05) is 11.1 Å². The van der Waals surface area contributed by atoms with Crippen LogP contribution in [0.4, 0.5) is 0 Å². The molecule has 0 aromatic heterocycles. The molecular weight excluding hydrogens is 516 g/mol. The molecule has 15 heteroatoms. The van der Waals surface area contributed by atoms with Crippen LogP contribution in [0.1, 0.15) is 13.8 Å². The first-order valence-corrected chi connectivity index (χ1v) is 11.0. The Labute approximate surface area is 221 Å². The fourth-order valence-corrected chi connectivity index (χ4v) is 1.36. The summed E-state index contributed by atoms with van der Waals surface area (Å²) in [7, 11) is 0. The molecule has 12 N–H and O–H groups in total. The summed E-state index contributed by atoms with van der Waals surface area (Å²) in [5.74, 6) is -1.87. The first kappa shape index (κ1) is 43.0. The molecule has 0 bridgehead atoms. The highest BCUT2D eigenvalue weighted by molar-refractivity contribution is 5.85. The zero-order valence-corrected chi connectivity index (χ0v) is 22.0. The van der Waals surface area contributed by atoms with Gasteiger partial charge in [0.05, 0.1) is 95.5 Å². The van der Waals surface area contributed by atoms with Crippen LogP contribution in [0.5, 0.6) is 0 Å². The first-order chi connectivity index (χ1) is 17.6. The molecule has 228 valence electrons. The average molecular weight is 563 g/mol. The maximum Gasteiger partial charge on any atom is 0.330 e. The van der Waals surface area contributed by atoms with E-state index in [-0.39, 0.29) is 24.4 Å². The van der Waals surface area contributed by atoms with E-state index in [1.54, 1.807) is 0 Å². The van der Waals surface area contributed by atoms with Gasteiger partial charge >= 0.3 is 11.9 Å². The van der Waals surface area contributed by atoms with Gasteiger partial charge in [-0.25, -0.2) is 9.59 Å². The Hall–Kier alpha value is -2.02. The molecule has 15 nitrogen and oxygen atoms in total. The minimum Gasteiger partial charge on any atom is -0.478 e. The van der Waals surface area contributed by atoms with E-state index in [1.165, 1.54) is 13.8 Å². The quantitative estimate of drug-likeness (QED) is 0.0802. The minimum absolute atomic E-state index is 0.141. The fraction of sp³-hybridized carbons (Fsp3) is 0.739. The van der Waals surface area contributed by atoms with Crippen molar-refractivity contribution < 1.29 is 75.6 Å². The van der Waals surface area contributed by atoms with Gasteiger partial charge in [-0.3, -0.25) is 0 Å². The van der Waals surface area contributed by atoms with Crippen molar-refractivity contribution in [3.8, 4) is 0 Å². The van der Waals surface area contributed by atoms with E-state index in [1.807, 2.05) is 0 Å². The molecule has 0 saturated carbocycles. The van der Waals surface area contributed by atoms with Crippen LogP contribution in [0, 0.1) is 16.2 Å². The van der Waals surface area contributed by atoms with E-state index in [9.17, 15) is 9.59 Å². The van der Waals surface area contributed by atoms with Crippen molar-refractivity contribution in [3.05, 3.63) is 24.3 Å². The minimum atomic E-state index is -1.16. The molecule has 0 aliphatic heterocycles. The van der Waals surface area contributed by atoms with Crippen LogP contribution in [-0.2, 0) is 14.3 Å². The van der Waals surface area contributed by atoms with Crippen molar-refractivity contribution in [1.29, 1.82) is 0 Å². The molecule has 0 amide bonds. The number of aliphatic carboxylic acids is 2. The molecule has 38 heavy (non-hydrogen) atoms. The Morgan fingerprint density at radius 2 is 0.658 bits per heavy atom. The second kappa shape index (κ2) is 24.1. The lowest BCUT2D eigenvalue weighted by atomic mass is 9.91. The molecule has 0 fully saturated rings. The number of rotatable bonds is 16. The van der Waals surface area contributed by atoms with E-state index in [0.29, 0.717) is 0 Å². The van der Waals surface area contributed by atoms with E-state index < -0.39 is 94.3 Å². The Morgan fingerprint density at radius 3 is 0.737 bits per heavy atom. The molecule has 0 aliphatic rings. The maximum absolute atomic E-state index is 9.60. The molecule has 0 spiro atoms. The normalized spacial score (nSPS) is 11.1. The Bertz CT molecular complexity index is 537. The van der Waals surface area contributed by atoms with Crippen LogP contribution >= 0.6 is 0 Å². The van der Waals surface area contributed by atoms with Crippen molar-refractivity contribution in [2.45, 2.75) is 13.8 Å². The topological polar surface area (TPSA) is 286 Å². The summed E-state index contributed by atoms with van der Waals surface area (Å²) in [6, 6.07) is 0. The van der Waals surface area contributed by atoms with E-state index in [0.717, 1.165) is 0 Å². The summed E-state index contributed by atoms with van der Waals surface area (Å²) in [5, 5.41) is 104. The number of carboxylic acids is 2. The third-order valence-corrected chi connectivity index (χ3v) is 4.90. The first-order valence-electron chi connectivity index (χ1n) is 11.0. The molecule has 0 rings (SSSR count). The Morgan fingerprint density at radius 1 is 0.500 bits per heavy atom. The van der Waals surface area contributed by atoms with Crippen molar-refractivity contribution in [2.24, 2.45) is 16.2 Å². The van der Waals surface area contributed by atoms with Gasteiger partial charge in [0.1, 0.15) is 0 Å². The van der Waals surface area contributed by atoms with Crippen molar-refractivity contribution in [2.75, 3.05) is 79.3 Å². The van der Waals surface area contributed by atoms with Gasteiger partial charge in [-0.05, 0) is 13.8 Å². The summed E-state index contributed by atoms with van der Waals surface area (Å²) in [4.78, 5) is 19.2. The number of carboxylic acid groups (broad SMARTS) is 2. The van der Waals surface area contributed by atoms with Gasteiger partial charge in [-0.1, -0.05) is 13.2 Å². The Balaban J connectivity index is -0.000000230. The fourth-order valence-electron chi connectivity index (χ4n) is 1.36. The summed E-state index contributed by atoms with van der Waals surface area (Å²) in [6.45, 7) is 4.57. The van der Waals surface area contributed by atoms with Crippen LogP contribution in [0.15, 0.2) is 24.3 Å². The summed E-state index contributed by atoms with van der Waals surface area (Å²) in [5.41, 5.74) is -3.08. The molecule has 0 unspecified atom stereocenters. The number of carbonyl (C=O) groups is 2. The number of aliphatic hydroxyl groups is 10. The number of hydrogen-bond acceptors (Lipinski definition) is 13. The molecule has 0 aromatic carbocycles. The molecule has 0 atom stereocenters. The smallest absolute Gasteiger partial charge is 0.330 e.